The maximum Gasteiger partial charge on any atom is 0.372 e. The summed E-state index contributed by atoms with van der Waals surface area (Å²) in [6.45, 7) is 5.64. The molecule has 0 saturated heterocycles. The van der Waals surface area contributed by atoms with Gasteiger partial charge < -0.3 is 15.3 Å². The summed E-state index contributed by atoms with van der Waals surface area (Å²) in [7, 11) is 0. The lowest BCUT2D eigenvalue weighted by Crippen LogP contribution is -2.34. The fourth-order valence-electron chi connectivity index (χ4n) is 1.25. The van der Waals surface area contributed by atoms with E-state index in [0.29, 0.717) is 17.1 Å². The predicted molar refractivity (Wildman–Crippen MR) is 64.8 cm³/mol. The molecule has 90 valence electrons. The van der Waals surface area contributed by atoms with E-state index in [4.69, 9.17) is 15.3 Å². The molecule has 0 saturated carbocycles. The first kappa shape index (κ1) is 13.1. The molecule has 1 heterocycles. The average molecular weight is 243 g/mol. The van der Waals surface area contributed by atoms with Crippen LogP contribution in [0.4, 0.5) is 0 Å². The van der Waals surface area contributed by atoms with Gasteiger partial charge in [0.15, 0.2) is 0 Å². The summed E-state index contributed by atoms with van der Waals surface area (Å²) >= 11 is 1.64. The second kappa shape index (κ2) is 4.93. The maximum atomic E-state index is 10.7. The Morgan fingerprint density at radius 1 is 1.62 bits per heavy atom. The van der Waals surface area contributed by atoms with Gasteiger partial charge in [-0.25, -0.2) is 4.79 Å². The number of carboxylic acid groups (broad SMARTS) is 1. The molecule has 0 unspecified atom stereocenters. The Labute approximate surface area is 99.2 Å². The molecule has 1 aromatic heterocycles. The van der Waals surface area contributed by atoms with Gasteiger partial charge in [-0.15, -0.1) is 0 Å². The predicted octanol–water partition coefficient (Wildman–Crippen LogP) is 2.26. The van der Waals surface area contributed by atoms with Crippen molar-refractivity contribution < 1.29 is 14.3 Å². The molecular formula is C11H17NO3S. The third kappa shape index (κ3) is 3.90. The number of hydrogen-bond donors (Lipinski definition) is 2. The van der Waals surface area contributed by atoms with Crippen LogP contribution >= 0.6 is 11.8 Å². The SMILES string of the molecule is Cc1cc(CSCC(C)(C)N)oc1C(=O)O. The first-order valence-corrected chi connectivity index (χ1v) is 6.14. The number of hydrogen-bond acceptors (Lipinski definition) is 4. The van der Waals surface area contributed by atoms with Gasteiger partial charge in [-0.2, -0.15) is 11.8 Å². The molecule has 0 aliphatic heterocycles. The molecule has 0 aliphatic carbocycles. The van der Waals surface area contributed by atoms with Crippen LogP contribution < -0.4 is 5.73 Å². The summed E-state index contributed by atoms with van der Waals surface area (Å²) in [6.07, 6.45) is 0. The summed E-state index contributed by atoms with van der Waals surface area (Å²) in [5.41, 5.74) is 6.28. The van der Waals surface area contributed by atoms with Gasteiger partial charge in [0.2, 0.25) is 5.76 Å². The van der Waals surface area contributed by atoms with E-state index in [1.54, 1.807) is 24.8 Å². The number of furan rings is 1. The Morgan fingerprint density at radius 3 is 2.69 bits per heavy atom. The summed E-state index contributed by atoms with van der Waals surface area (Å²) in [5, 5.41) is 8.81. The van der Waals surface area contributed by atoms with E-state index in [9.17, 15) is 4.79 Å². The first-order chi connectivity index (χ1) is 7.29. The number of carbonyl (C=O) groups is 1. The van der Waals surface area contributed by atoms with Crippen molar-refractivity contribution in [1.82, 2.24) is 0 Å². The molecule has 0 aromatic carbocycles. The van der Waals surface area contributed by atoms with Crippen LogP contribution in [-0.4, -0.2) is 22.4 Å². The van der Waals surface area contributed by atoms with E-state index in [-0.39, 0.29) is 11.3 Å². The molecule has 0 aliphatic rings. The first-order valence-electron chi connectivity index (χ1n) is 4.99. The van der Waals surface area contributed by atoms with Gasteiger partial charge in [-0.05, 0) is 26.8 Å². The fraction of sp³-hybridized carbons (Fsp3) is 0.545. The lowest BCUT2D eigenvalue weighted by molar-refractivity contribution is 0.0659. The van der Waals surface area contributed by atoms with E-state index in [1.807, 2.05) is 13.8 Å². The third-order valence-electron chi connectivity index (χ3n) is 1.88. The van der Waals surface area contributed by atoms with E-state index in [2.05, 4.69) is 0 Å². The molecule has 4 nitrogen and oxygen atoms in total. The summed E-state index contributed by atoms with van der Waals surface area (Å²) in [6, 6.07) is 1.76. The molecule has 0 atom stereocenters. The van der Waals surface area contributed by atoms with Crippen molar-refractivity contribution in [2.45, 2.75) is 32.1 Å². The zero-order valence-corrected chi connectivity index (χ0v) is 10.6. The number of aryl methyl sites for hydroxylation is 1. The number of rotatable bonds is 5. The highest BCUT2D eigenvalue weighted by atomic mass is 32.2. The Kier molecular flexibility index (Phi) is 4.04. The van der Waals surface area contributed by atoms with Crippen LogP contribution in [-0.2, 0) is 5.75 Å². The van der Waals surface area contributed by atoms with Crippen LogP contribution in [0.3, 0.4) is 0 Å². The average Bonchev–Trinajstić information content (AvgIpc) is 2.44. The second-order valence-electron chi connectivity index (χ2n) is 4.51. The second-order valence-corrected chi connectivity index (χ2v) is 5.50. The van der Waals surface area contributed by atoms with Gasteiger partial charge in [0, 0.05) is 16.9 Å². The van der Waals surface area contributed by atoms with E-state index >= 15 is 0 Å². The lowest BCUT2D eigenvalue weighted by Gasteiger charge is -2.16. The minimum atomic E-state index is -1.02. The highest BCUT2D eigenvalue weighted by Gasteiger charge is 2.15. The molecule has 0 fully saturated rings. The van der Waals surface area contributed by atoms with Crippen molar-refractivity contribution in [2.75, 3.05) is 5.75 Å². The fourth-order valence-corrected chi connectivity index (χ4v) is 2.22. The van der Waals surface area contributed by atoms with Gasteiger partial charge in [0.1, 0.15) is 5.76 Å². The number of nitrogens with two attached hydrogens (primary N) is 1. The van der Waals surface area contributed by atoms with Gasteiger partial charge in [-0.1, -0.05) is 0 Å². The Morgan fingerprint density at radius 2 is 2.25 bits per heavy atom. The largest absolute Gasteiger partial charge is 0.475 e. The minimum absolute atomic E-state index is 0.0302. The molecular weight excluding hydrogens is 226 g/mol. The van der Waals surface area contributed by atoms with Crippen LogP contribution in [0.5, 0.6) is 0 Å². The third-order valence-corrected chi connectivity index (χ3v) is 3.32. The molecule has 5 heteroatoms. The van der Waals surface area contributed by atoms with Crippen molar-refractivity contribution in [2.24, 2.45) is 5.73 Å². The molecule has 0 spiro atoms. The monoisotopic (exact) mass is 243 g/mol. The van der Waals surface area contributed by atoms with Crippen molar-refractivity contribution >= 4 is 17.7 Å². The Hall–Kier alpha value is -0.940. The Bertz CT molecular complexity index is 379. The van der Waals surface area contributed by atoms with Gasteiger partial charge in [-0.3, -0.25) is 0 Å². The van der Waals surface area contributed by atoms with Crippen LogP contribution in [0.15, 0.2) is 10.5 Å². The number of thioether (sulfide) groups is 1. The zero-order valence-electron chi connectivity index (χ0n) is 9.74. The zero-order chi connectivity index (χ0) is 12.3. The van der Waals surface area contributed by atoms with Crippen LogP contribution in [0, 0.1) is 6.92 Å². The van der Waals surface area contributed by atoms with Crippen molar-refractivity contribution in [3.05, 3.63) is 23.2 Å². The lowest BCUT2D eigenvalue weighted by atomic mass is 10.1. The Balaban J connectivity index is 2.56. The minimum Gasteiger partial charge on any atom is -0.475 e. The molecule has 0 amide bonds. The highest BCUT2D eigenvalue weighted by Crippen LogP contribution is 2.21. The smallest absolute Gasteiger partial charge is 0.372 e. The maximum absolute atomic E-state index is 10.7. The van der Waals surface area contributed by atoms with Crippen LogP contribution in [0.2, 0.25) is 0 Å². The van der Waals surface area contributed by atoms with Gasteiger partial charge in [0.25, 0.3) is 0 Å². The summed E-state index contributed by atoms with van der Waals surface area (Å²) in [5.74, 6) is 1.14. The summed E-state index contributed by atoms with van der Waals surface area (Å²) in [4.78, 5) is 10.7. The normalized spacial score (nSPS) is 11.8. The van der Waals surface area contributed by atoms with Gasteiger partial charge >= 0.3 is 5.97 Å². The van der Waals surface area contributed by atoms with Crippen molar-refractivity contribution in [3.63, 3.8) is 0 Å². The summed E-state index contributed by atoms with van der Waals surface area (Å²) < 4.78 is 5.23. The quantitative estimate of drug-likeness (QED) is 0.829. The molecule has 1 aromatic rings. The van der Waals surface area contributed by atoms with E-state index < -0.39 is 5.97 Å². The molecule has 1 rings (SSSR count). The molecule has 0 bridgehead atoms. The van der Waals surface area contributed by atoms with Gasteiger partial charge in [0.05, 0.1) is 5.75 Å². The number of carboxylic acids is 1. The van der Waals surface area contributed by atoms with Crippen molar-refractivity contribution in [3.8, 4) is 0 Å². The van der Waals surface area contributed by atoms with Crippen LogP contribution in [0.25, 0.3) is 0 Å². The van der Waals surface area contributed by atoms with Crippen molar-refractivity contribution in [1.29, 1.82) is 0 Å². The topological polar surface area (TPSA) is 76.5 Å². The highest BCUT2D eigenvalue weighted by molar-refractivity contribution is 7.98. The van der Waals surface area contributed by atoms with Crippen LogP contribution in [0.1, 0.15) is 35.7 Å². The van der Waals surface area contributed by atoms with E-state index in [1.165, 1.54) is 0 Å². The standard InChI is InChI=1S/C11H17NO3S/c1-7-4-8(15-9(7)10(13)14)5-16-6-11(2,3)12/h4H,5-6,12H2,1-3H3,(H,13,14). The molecule has 0 radical (unpaired) electrons. The number of aromatic carboxylic acids is 1. The van der Waals surface area contributed by atoms with E-state index in [0.717, 1.165) is 5.75 Å². The molecule has 16 heavy (non-hydrogen) atoms. The molecule has 3 N–H and O–H groups in total.